The number of nitrogens with one attached hydrogen (secondary N) is 2. The minimum Gasteiger partial charge on any atom is -0.396 e. The summed E-state index contributed by atoms with van der Waals surface area (Å²) in [4.78, 5) is 28.8. The molecular weight excluding hydrogens is 498 g/mol. The van der Waals surface area contributed by atoms with Crippen LogP contribution < -0.4 is 5.32 Å². The molecule has 40 heavy (non-hydrogen) atoms. The van der Waals surface area contributed by atoms with Crippen molar-refractivity contribution in [3.05, 3.63) is 59.2 Å². The van der Waals surface area contributed by atoms with Crippen LogP contribution in [0.4, 0.5) is 0 Å². The number of rotatable bonds is 13. The third-order valence-corrected chi connectivity index (χ3v) is 8.14. The highest BCUT2D eigenvalue weighted by molar-refractivity contribution is 6.44. The molecule has 1 aromatic carbocycles. The molecule has 0 aromatic heterocycles. The third kappa shape index (κ3) is 10.7. The third-order valence-electron chi connectivity index (χ3n) is 8.14. The molecule has 3 unspecified atom stereocenters. The van der Waals surface area contributed by atoms with Crippen LogP contribution in [0.5, 0.6) is 0 Å². The number of nitrogens with zero attached hydrogens (tertiary/aromatic N) is 1. The molecule has 0 spiro atoms. The second kappa shape index (κ2) is 16.5. The van der Waals surface area contributed by atoms with Gasteiger partial charge in [0, 0.05) is 30.3 Å². The molecule has 1 aliphatic rings. The van der Waals surface area contributed by atoms with Crippen molar-refractivity contribution in [2.24, 2.45) is 11.3 Å². The molecule has 0 aliphatic heterocycles. The first kappa shape index (κ1) is 33.5. The molecule has 1 saturated carbocycles. The van der Waals surface area contributed by atoms with Gasteiger partial charge in [-0.15, -0.1) is 0 Å². The maximum Gasteiger partial charge on any atom is 0.273 e. The molecule has 2 amide bonds. The quantitative estimate of drug-likeness (QED) is 0.0825. The van der Waals surface area contributed by atoms with E-state index in [9.17, 15) is 9.59 Å². The molecule has 6 heteroatoms. The monoisotopic (exact) mass is 551 g/mol. The molecule has 0 heterocycles. The lowest BCUT2D eigenvalue weighted by molar-refractivity contribution is -0.128. The van der Waals surface area contributed by atoms with E-state index in [0.29, 0.717) is 30.0 Å². The van der Waals surface area contributed by atoms with Gasteiger partial charge in [-0.05, 0) is 63.7 Å². The highest BCUT2D eigenvalue weighted by Crippen LogP contribution is 2.33. The summed E-state index contributed by atoms with van der Waals surface area (Å²) < 4.78 is 0. The lowest BCUT2D eigenvalue weighted by atomic mass is 9.85. The van der Waals surface area contributed by atoms with E-state index in [2.05, 4.69) is 39.9 Å². The van der Waals surface area contributed by atoms with Crippen LogP contribution in [0.25, 0.3) is 0 Å². The van der Waals surface area contributed by atoms with Crippen LogP contribution in [-0.2, 0) is 9.59 Å². The Morgan fingerprint density at radius 2 is 1.80 bits per heavy atom. The molecule has 1 aliphatic carbocycles. The lowest BCUT2D eigenvalue weighted by Crippen LogP contribution is -2.50. The fraction of sp³-hybridized carbons (Fsp3) is 0.618. The van der Waals surface area contributed by atoms with E-state index in [4.69, 9.17) is 10.5 Å². The highest BCUT2D eigenvalue weighted by atomic mass is 16.3. The first-order valence-electron chi connectivity index (χ1n) is 15.2. The van der Waals surface area contributed by atoms with Gasteiger partial charge < -0.3 is 15.3 Å². The standard InChI is InChI=1S/C34H53N3O3/c1-7-27-13-11-16-29(20-19-27)37(33(40)31(35)28-14-9-8-10-15-28)30(21-22-34(4,5)6)25(2)17-18-26(3)32(39)36-23-12-24-38/h8-10,14-15,17-18,27,29-30,35,38H,7,11-13,16,19-24H2,1-6H3,(H,36,39)/b25-17+,26-18+,35-31?. The molecule has 222 valence electrons. The molecular formula is C34H53N3O3. The number of amides is 2. The average molecular weight is 552 g/mol. The summed E-state index contributed by atoms with van der Waals surface area (Å²) in [6, 6.07) is 9.25. The largest absolute Gasteiger partial charge is 0.396 e. The maximum atomic E-state index is 14.2. The van der Waals surface area contributed by atoms with Gasteiger partial charge in [-0.1, -0.05) is 95.0 Å². The Hall–Kier alpha value is -2.73. The van der Waals surface area contributed by atoms with Crippen LogP contribution in [0.2, 0.25) is 0 Å². The van der Waals surface area contributed by atoms with Gasteiger partial charge in [-0.2, -0.15) is 0 Å². The van der Waals surface area contributed by atoms with Gasteiger partial charge in [0.15, 0.2) is 0 Å². The second-order valence-electron chi connectivity index (χ2n) is 12.6. The smallest absolute Gasteiger partial charge is 0.273 e. The summed E-state index contributed by atoms with van der Waals surface area (Å²) in [7, 11) is 0. The zero-order chi connectivity index (χ0) is 29.7. The molecule has 0 bridgehead atoms. The molecule has 6 nitrogen and oxygen atoms in total. The zero-order valence-electron chi connectivity index (χ0n) is 25.8. The summed E-state index contributed by atoms with van der Waals surface area (Å²) in [6.07, 6.45) is 12.5. The van der Waals surface area contributed by atoms with Crippen LogP contribution in [0, 0.1) is 16.7 Å². The number of aliphatic hydroxyl groups excluding tert-OH is 1. The summed E-state index contributed by atoms with van der Waals surface area (Å²) >= 11 is 0. The number of allylic oxidation sites excluding steroid dienone is 2. The Morgan fingerprint density at radius 1 is 1.10 bits per heavy atom. The molecule has 3 atom stereocenters. The number of aliphatic hydroxyl groups is 1. The van der Waals surface area contributed by atoms with Gasteiger partial charge >= 0.3 is 0 Å². The first-order chi connectivity index (χ1) is 19.0. The van der Waals surface area contributed by atoms with E-state index in [-0.39, 0.29) is 41.6 Å². The summed E-state index contributed by atoms with van der Waals surface area (Å²) in [5.41, 5.74) is 2.39. The van der Waals surface area contributed by atoms with Crippen molar-refractivity contribution in [3.8, 4) is 0 Å². The molecule has 0 saturated heterocycles. The van der Waals surface area contributed by atoms with Gasteiger partial charge in [0.1, 0.15) is 5.71 Å². The van der Waals surface area contributed by atoms with Gasteiger partial charge in [0.05, 0.1) is 6.04 Å². The predicted octanol–water partition coefficient (Wildman–Crippen LogP) is 6.83. The molecule has 3 N–H and O–H groups in total. The maximum absolute atomic E-state index is 14.2. The molecule has 1 aromatic rings. The van der Waals surface area contributed by atoms with Crippen molar-refractivity contribution in [2.75, 3.05) is 13.2 Å². The number of benzene rings is 1. The van der Waals surface area contributed by atoms with E-state index in [1.807, 2.05) is 47.4 Å². The topological polar surface area (TPSA) is 93.5 Å². The minimum absolute atomic E-state index is 0.0412. The Kier molecular flexibility index (Phi) is 13.8. The Labute approximate surface area is 242 Å². The Morgan fingerprint density at radius 3 is 2.42 bits per heavy atom. The fourth-order valence-corrected chi connectivity index (χ4v) is 5.48. The Balaban J connectivity index is 2.49. The van der Waals surface area contributed by atoms with Crippen LogP contribution in [0.1, 0.15) is 105 Å². The first-order valence-corrected chi connectivity index (χ1v) is 15.2. The molecule has 2 rings (SSSR count). The zero-order valence-corrected chi connectivity index (χ0v) is 25.8. The van der Waals surface area contributed by atoms with Crippen molar-refractivity contribution in [3.63, 3.8) is 0 Å². The summed E-state index contributed by atoms with van der Waals surface area (Å²) in [5, 5.41) is 20.8. The van der Waals surface area contributed by atoms with E-state index in [1.165, 1.54) is 6.42 Å². The van der Waals surface area contributed by atoms with Gasteiger partial charge in [0.2, 0.25) is 5.91 Å². The number of hydrogen-bond donors (Lipinski definition) is 3. The second-order valence-corrected chi connectivity index (χ2v) is 12.6. The minimum atomic E-state index is -0.208. The molecule has 0 radical (unpaired) electrons. The van der Waals surface area contributed by atoms with E-state index in [1.54, 1.807) is 6.92 Å². The number of carbonyl (C=O) groups excluding carboxylic acids is 2. The number of hydrogen-bond acceptors (Lipinski definition) is 4. The lowest BCUT2D eigenvalue weighted by Gasteiger charge is -2.40. The van der Waals surface area contributed by atoms with Crippen molar-refractivity contribution in [2.45, 2.75) is 111 Å². The highest BCUT2D eigenvalue weighted by Gasteiger charge is 2.35. The van der Waals surface area contributed by atoms with Crippen molar-refractivity contribution >= 4 is 17.5 Å². The van der Waals surface area contributed by atoms with E-state index >= 15 is 0 Å². The van der Waals surface area contributed by atoms with Crippen LogP contribution >= 0.6 is 0 Å². The SMILES string of the molecule is CCC1CCCC(N(C(=O)C(=N)c2ccccc2)C(CCC(C)(C)C)/C(C)=C/C=C(\C)C(=O)NCCCO)CC1. The fourth-order valence-electron chi connectivity index (χ4n) is 5.48. The van der Waals surface area contributed by atoms with Crippen molar-refractivity contribution < 1.29 is 14.7 Å². The van der Waals surface area contributed by atoms with Crippen LogP contribution in [-0.4, -0.2) is 52.8 Å². The van der Waals surface area contributed by atoms with Crippen molar-refractivity contribution in [1.29, 1.82) is 5.41 Å². The van der Waals surface area contributed by atoms with E-state index in [0.717, 1.165) is 50.5 Å². The van der Waals surface area contributed by atoms with Crippen LogP contribution in [0.3, 0.4) is 0 Å². The van der Waals surface area contributed by atoms with Gasteiger partial charge in [0.25, 0.3) is 5.91 Å². The summed E-state index contributed by atoms with van der Waals surface area (Å²) in [5.74, 6) is 0.326. The summed E-state index contributed by atoms with van der Waals surface area (Å²) in [6.45, 7) is 13.2. The van der Waals surface area contributed by atoms with Crippen molar-refractivity contribution in [1.82, 2.24) is 10.2 Å². The Bertz CT molecular complexity index is 1020. The number of carbonyl (C=O) groups is 2. The van der Waals surface area contributed by atoms with Crippen LogP contribution in [0.15, 0.2) is 53.6 Å². The van der Waals surface area contributed by atoms with Gasteiger partial charge in [-0.3, -0.25) is 15.0 Å². The average Bonchev–Trinajstić information content (AvgIpc) is 3.18. The molecule has 1 fully saturated rings. The predicted molar refractivity (Wildman–Crippen MR) is 165 cm³/mol. The van der Waals surface area contributed by atoms with Gasteiger partial charge in [-0.25, -0.2) is 0 Å². The normalized spacial score (nSPS) is 19.5. The van der Waals surface area contributed by atoms with E-state index < -0.39 is 0 Å².